The van der Waals surface area contributed by atoms with Gasteiger partial charge in [0, 0.05) is 6.54 Å². The van der Waals surface area contributed by atoms with Crippen LogP contribution in [0.15, 0.2) is 12.3 Å². The van der Waals surface area contributed by atoms with Gasteiger partial charge in [-0.05, 0) is 18.4 Å². The molecule has 0 saturated carbocycles. The Balaban J connectivity index is 2.52. The fourth-order valence-electron chi connectivity index (χ4n) is 1.39. The molecular weight excluding hydrogens is 204 g/mol. The van der Waals surface area contributed by atoms with E-state index in [2.05, 4.69) is 15.5 Å². The molecule has 16 heavy (non-hydrogen) atoms. The molecule has 0 saturated heterocycles. The van der Waals surface area contributed by atoms with Gasteiger partial charge in [-0.3, -0.25) is 0 Å². The summed E-state index contributed by atoms with van der Waals surface area (Å²) in [5.74, 6) is 0.863. The smallest absolute Gasteiger partial charge is 0.166 e. The molecule has 1 rings (SSSR count). The van der Waals surface area contributed by atoms with Crippen LogP contribution in [-0.4, -0.2) is 28.0 Å². The molecule has 1 atom stereocenters. The molecule has 1 unspecified atom stereocenters. The third-order valence-electron chi connectivity index (χ3n) is 2.09. The van der Waals surface area contributed by atoms with Crippen LogP contribution in [0.2, 0.25) is 0 Å². The van der Waals surface area contributed by atoms with E-state index < -0.39 is 6.10 Å². The molecular formula is C11H16N4O. The van der Waals surface area contributed by atoms with Crippen LogP contribution in [0, 0.1) is 17.2 Å². The van der Waals surface area contributed by atoms with Gasteiger partial charge in [0.25, 0.3) is 0 Å². The maximum Gasteiger partial charge on any atom is 0.166 e. The minimum absolute atomic E-state index is 0.381. The zero-order chi connectivity index (χ0) is 12.0. The number of nitrogens with one attached hydrogen (secondary N) is 1. The van der Waals surface area contributed by atoms with Crippen molar-refractivity contribution in [3.05, 3.63) is 17.8 Å². The molecule has 2 N–H and O–H groups in total. The van der Waals surface area contributed by atoms with Crippen molar-refractivity contribution in [2.45, 2.75) is 26.4 Å². The summed E-state index contributed by atoms with van der Waals surface area (Å²) >= 11 is 0. The average Bonchev–Trinajstić information content (AvgIpc) is 2.26. The van der Waals surface area contributed by atoms with E-state index in [1.54, 1.807) is 6.07 Å². The molecule has 1 aromatic rings. The number of aliphatic hydroxyl groups is 1. The van der Waals surface area contributed by atoms with Crippen LogP contribution >= 0.6 is 0 Å². The maximum atomic E-state index is 9.65. The lowest BCUT2D eigenvalue weighted by Gasteiger charge is -2.14. The largest absolute Gasteiger partial charge is 0.391 e. The average molecular weight is 220 g/mol. The number of nitriles is 1. The van der Waals surface area contributed by atoms with Gasteiger partial charge in [0.05, 0.1) is 17.9 Å². The number of anilines is 1. The number of nitrogens with zero attached hydrogens (tertiary/aromatic N) is 3. The Morgan fingerprint density at radius 3 is 2.94 bits per heavy atom. The molecule has 0 amide bonds. The van der Waals surface area contributed by atoms with E-state index in [4.69, 9.17) is 5.26 Å². The first-order valence-electron chi connectivity index (χ1n) is 5.27. The monoisotopic (exact) mass is 220 g/mol. The topological polar surface area (TPSA) is 81.8 Å². The molecule has 0 aromatic carbocycles. The second kappa shape index (κ2) is 6.03. The van der Waals surface area contributed by atoms with Crippen LogP contribution in [0.25, 0.3) is 0 Å². The first-order chi connectivity index (χ1) is 7.63. The summed E-state index contributed by atoms with van der Waals surface area (Å²) < 4.78 is 0. The Hall–Kier alpha value is -1.67. The van der Waals surface area contributed by atoms with Crippen molar-refractivity contribution in [2.24, 2.45) is 5.92 Å². The van der Waals surface area contributed by atoms with Crippen LogP contribution < -0.4 is 5.32 Å². The summed E-state index contributed by atoms with van der Waals surface area (Å²) in [4.78, 5) is 0. The van der Waals surface area contributed by atoms with E-state index in [0.29, 0.717) is 23.8 Å². The predicted octanol–water partition coefficient (Wildman–Crippen LogP) is 1.17. The van der Waals surface area contributed by atoms with E-state index in [1.807, 2.05) is 19.9 Å². The van der Waals surface area contributed by atoms with Crippen molar-refractivity contribution in [2.75, 3.05) is 11.9 Å². The molecule has 1 aromatic heterocycles. The Bertz CT molecular complexity index is 372. The third kappa shape index (κ3) is 3.83. The summed E-state index contributed by atoms with van der Waals surface area (Å²) in [5, 5.41) is 28.9. The molecule has 0 radical (unpaired) electrons. The highest BCUT2D eigenvalue weighted by Crippen LogP contribution is 2.10. The quantitative estimate of drug-likeness (QED) is 0.778. The number of aliphatic hydroxyl groups excluding tert-OH is 1. The molecule has 0 bridgehead atoms. The lowest BCUT2D eigenvalue weighted by molar-refractivity contribution is 0.161. The van der Waals surface area contributed by atoms with Gasteiger partial charge in [-0.15, -0.1) is 5.10 Å². The number of aromatic nitrogens is 2. The molecule has 1 heterocycles. The molecule has 0 aliphatic heterocycles. The SMILES string of the molecule is CC(C)CC(O)CNc1nnccc1C#N. The lowest BCUT2D eigenvalue weighted by atomic mass is 10.1. The summed E-state index contributed by atoms with van der Waals surface area (Å²) in [6.07, 6.45) is 1.75. The van der Waals surface area contributed by atoms with Crippen molar-refractivity contribution in [1.82, 2.24) is 10.2 Å². The number of hydrogen-bond donors (Lipinski definition) is 2. The first kappa shape index (κ1) is 12.4. The first-order valence-corrected chi connectivity index (χ1v) is 5.27. The van der Waals surface area contributed by atoms with E-state index in [9.17, 15) is 5.11 Å². The van der Waals surface area contributed by atoms with Crippen molar-refractivity contribution in [3.8, 4) is 6.07 Å². The van der Waals surface area contributed by atoms with E-state index in [-0.39, 0.29) is 0 Å². The zero-order valence-electron chi connectivity index (χ0n) is 9.51. The van der Waals surface area contributed by atoms with Crippen molar-refractivity contribution in [1.29, 1.82) is 5.26 Å². The van der Waals surface area contributed by atoms with E-state index in [1.165, 1.54) is 6.20 Å². The van der Waals surface area contributed by atoms with E-state index in [0.717, 1.165) is 6.42 Å². The molecule has 0 aliphatic carbocycles. The van der Waals surface area contributed by atoms with Gasteiger partial charge >= 0.3 is 0 Å². The molecule has 0 spiro atoms. The van der Waals surface area contributed by atoms with E-state index >= 15 is 0 Å². The molecule has 5 heteroatoms. The normalized spacial score (nSPS) is 12.2. The standard InChI is InChI=1S/C11H16N4O/c1-8(2)5-10(16)7-13-11-9(6-12)3-4-14-15-11/h3-4,8,10,16H,5,7H2,1-2H3,(H,13,15). The van der Waals surface area contributed by atoms with Gasteiger partial charge < -0.3 is 10.4 Å². The van der Waals surface area contributed by atoms with Gasteiger partial charge in [-0.2, -0.15) is 10.4 Å². The van der Waals surface area contributed by atoms with Crippen LogP contribution in [0.3, 0.4) is 0 Å². The van der Waals surface area contributed by atoms with Crippen molar-refractivity contribution < 1.29 is 5.11 Å². The van der Waals surface area contributed by atoms with Crippen LogP contribution in [0.4, 0.5) is 5.82 Å². The van der Waals surface area contributed by atoms with Crippen molar-refractivity contribution in [3.63, 3.8) is 0 Å². The van der Waals surface area contributed by atoms with Crippen LogP contribution in [0.5, 0.6) is 0 Å². The predicted molar refractivity (Wildman–Crippen MR) is 60.7 cm³/mol. The summed E-state index contributed by atoms with van der Waals surface area (Å²) in [5.41, 5.74) is 0.437. The second-order valence-electron chi connectivity index (χ2n) is 4.07. The Morgan fingerprint density at radius 2 is 2.31 bits per heavy atom. The Kier molecular flexibility index (Phi) is 4.67. The number of rotatable bonds is 5. The molecule has 5 nitrogen and oxygen atoms in total. The second-order valence-corrected chi connectivity index (χ2v) is 4.07. The molecule has 0 aliphatic rings. The van der Waals surface area contributed by atoms with Gasteiger partial charge in [0.15, 0.2) is 5.82 Å². The zero-order valence-corrected chi connectivity index (χ0v) is 9.51. The van der Waals surface area contributed by atoms with Gasteiger partial charge in [0.2, 0.25) is 0 Å². The van der Waals surface area contributed by atoms with Crippen LogP contribution in [0.1, 0.15) is 25.8 Å². The summed E-state index contributed by atoms with van der Waals surface area (Å²) in [7, 11) is 0. The van der Waals surface area contributed by atoms with Crippen molar-refractivity contribution >= 4 is 5.82 Å². The fraction of sp³-hybridized carbons (Fsp3) is 0.545. The van der Waals surface area contributed by atoms with Gasteiger partial charge in [0.1, 0.15) is 6.07 Å². The summed E-state index contributed by atoms with van der Waals surface area (Å²) in [6.45, 7) is 4.48. The molecule has 0 fully saturated rings. The highest BCUT2D eigenvalue weighted by Gasteiger charge is 2.08. The third-order valence-corrected chi connectivity index (χ3v) is 2.09. The highest BCUT2D eigenvalue weighted by atomic mass is 16.3. The lowest BCUT2D eigenvalue weighted by Crippen LogP contribution is -2.22. The fourth-order valence-corrected chi connectivity index (χ4v) is 1.39. The Morgan fingerprint density at radius 1 is 1.56 bits per heavy atom. The maximum absolute atomic E-state index is 9.65. The minimum Gasteiger partial charge on any atom is -0.391 e. The Labute approximate surface area is 95.1 Å². The van der Waals surface area contributed by atoms with Gasteiger partial charge in [-0.1, -0.05) is 13.8 Å². The van der Waals surface area contributed by atoms with Gasteiger partial charge in [-0.25, -0.2) is 0 Å². The number of hydrogen-bond acceptors (Lipinski definition) is 5. The minimum atomic E-state index is -0.437. The molecule has 86 valence electrons. The van der Waals surface area contributed by atoms with Crippen LogP contribution in [-0.2, 0) is 0 Å². The summed E-state index contributed by atoms with van der Waals surface area (Å²) in [6, 6.07) is 3.60. The highest BCUT2D eigenvalue weighted by molar-refractivity contribution is 5.50.